The first kappa shape index (κ1) is 11.4. The molecule has 1 aliphatic carbocycles. The molecule has 1 amide bonds. The summed E-state index contributed by atoms with van der Waals surface area (Å²) in [4.78, 5) is 15.9. The number of carbonyl (C=O) groups is 1. The van der Waals surface area contributed by atoms with Gasteiger partial charge in [-0.05, 0) is 32.6 Å². The first-order chi connectivity index (χ1) is 7.47. The average Bonchev–Trinajstić information content (AvgIpc) is 2.92. The third-order valence-electron chi connectivity index (χ3n) is 2.97. The number of nitrogens with zero attached hydrogens (tertiary/aromatic N) is 1. The number of amides is 1. The van der Waals surface area contributed by atoms with Gasteiger partial charge in [0.1, 0.15) is 0 Å². The van der Waals surface area contributed by atoms with Crippen molar-refractivity contribution in [1.82, 2.24) is 10.3 Å². The van der Waals surface area contributed by atoms with Gasteiger partial charge in [-0.25, -0.2) is 4.98 Å². The van der Waals surface area contributed by atoms with E-state index in [2.05, 4.69) is 24.1 Å². The Morgan fingerprint density at radius 1 is 1.69 bits per heavy atom. The van der Waals surface area contributed by atoms with Crippen LogP contribution >= 0.6 is 11.3 Å². The Kier molecular flexibility index (Phi) is 2.88. The van der Waals surface area contributed by atoms with Crippen molar-refractivity contribution >= 4 is 22.4 Å². The summed E-state index contributed by atoms with van der Waals surface area (Å²) in [6, 6.07) is 0. The normalized spacial score (nSPS) is 16.1. The fraction of sp³-hybridized carbons (Fsp3) is 0.636. The van der Waals surface area contributed by atoms with Crippen LogP contribution < -0.4 is 11.1 Å². The van der Waals surface area contributed by atoms with Crippen molar-refractivity contribution in [3.63, 3.8) is 0 Å². The quantitative estimate of drug-likeness (QED) is 0.838. The number of carbonyl (C=O) groups excluding carboxylic acids is 1. The summed E-state index contributed by atoms with van der Waals surface area (Å²) in [7, 11) is 0. The lowest BCUT2D eigenvalue weighted by atomic mass is 9.98. The smallest absolute Gasteiger partial charge is 0.226 e. The van der Waals surface area contributed by atoms with Crippen molar-refractivity contribution in [1.29, 1.82) is 0 Å². The number of hydrogen-bond donors (Lipinski definition) is 2. The maximum atomic E-state index is 11.8. The summed E-state index contributed by atoms with van der Waals surface area (Å²) in [5.74, 6) is 0.666. The molecule has 16 heavy (non-hydrogen) atoms. The van der Waals surface area contributed by atoms with E-state index < -0.39 is 0 Å². The molecular formula is C11H17N3OS. The van der Waals surface area contributed by atoms with E-state index in [1.54, 1.807) is 0 Å². The molecule has 4 nitrogen and oxygen atoms in total. The molecule has 1 aliphatic rings. The van der Waals surface area contributed by atoms with Crippen molar-refractivity contribution in [2.24, 2.45) is 5.92 Å². The van der Waals surface area contributed by atoms with Crippen molar-refractivity contribution in [3.8, 4) is 0 Å². The van der Waals surface area contributed by atoms with Crippen LogP contribution in [0.4, 0.5) is 5.13 Å². The molecular weight excluding hydrogens is 222 g/mol. The molecule has 1 saturated carbocycles. The molecule has 1 aromatic heterocycles. The van der Waals surface area contributed by atoms with Gasteiger partial charge in [0.25, 0.3) is 0 Å². The second-order valence-electron chi connectivity index (χ2n) is 4.90. The zero-order chi connectivity index (χ0) is 11.8. The van der Waals surface area contributed by atoms with E-state index in [0.29, 0.717) is 17.5 Å². The third-order valence-corrected chi connectivity index (χ3v) is 3.69. The highest BCUT2D eigenvalue weighted by Crippen LogP contribution is 2.39. The van der Waals surface area contributed by atoms with Crippen LogP contribution in [0.1, 0.15) is 32.4 Å². The Bertz CT molecular complexity index is 396. The standard InChI is InChI=1S/C11H17N3OS/c1-11(2,7-3-4-7)14-9(15)5-8-6-16-10(12)13-8/h6-7H,3-5H2,1-2H3,(H2,12,13)(H,14,15). The van der Waals surface area contributed by atoms with Gasteiger partial charge in [-0.1, -0.05) is 0 Å². The number of aromatic nitrogens is 1. The Balaban J connectivity index is 1.88. The van der Waals surface area contributed by atoms with Crippen molar-refractivity contribution < 1.29 is 4.79 Å². The van der Waals surface area contributed by atoms with E-state index in [1.165, 1.54) is 24.2 Å². The molecule has 0 bridgehead atoms. The first-order valence-corrected chi connectivity index (χ1v) is 6.36. The van der Waals surface area contributed by atoms with Crippen LogP contribution in [0.15, 0.2) is 5.38 Å². The number of hydrogen-bond acceptors (Lipinski definition) is 4. The summed E-state index contributed by atoms with van der Waals surface area (Å²) >= 11 is 1.37. The van der Waals surface area contributed by atoms with Crippen molar-refractivity contribution in [3.05, 3.63) is 11.1 Å². The van der Waals surface area contributed by atoms with Crippen LogP contribution in [0, 0.1) is 5.92 Å². The summed E-state index contributed by atoms with van der Waals surface area (Å²) in [6.07, 6.45) is 2.76. The fourth-order valence-electron chi connectivity index (χ4n) is 1.88. The van der Waals surface area contributed by atoms with Gasteiger partial charge in [-0.15, -0.1) is 11.3 Å². The van der Waals surface area contributed by atoms with E-state index in [-0.39, 0.29) is 11.4 Å². The van der Waals surface area contributed by atoms with Gasteiger partial charge in [-0.3, -0.25) is 4.79 Å². The van der Waals surface area contributed by atoms with E-state index in [9.17, 15) is 4.79 Å². The number of nitrogens with two attached hydrogens (primary N) is 1. The highest BCUT2D eigenvalue weighted by atomic mass is 32.1. The van der Waals surface area contributed by atoms with Gasteiger partial charge >= 0.3 is 0 Å². The molecule has 0 saturated heterocycles. The predicted molar refractivity (Wildman–Crippen MR) is 65.2 cm³/mol. The van der Waals surface area contributed by atoms with Gasteiger partial charge in [0, 0.05) is 10.9 Å². The Hall–Kier alpha value is -1.10. The van der Waals surface area contributed by atoms with Gasteiger partial charge < -0.3 is 11.1 Å². The fourth-order valence-corrected chi connectivity index (χ4v) is 2.44. The molecule has 1 aromatic rings. The second kappa shape index (κ2) is 4.05. The molecule has 3 N–H and O–H groups in total. The van der Waals surface area contributed by atoms with Gasteiger partial charge in [0.05, 0.1) is 12.1 Å². The molecule has 1 fully saturated rings. The minimum Gasteiger partial charge on any atom is -0.375 e. The maximum Gasteiger partial charge on any atom is 0.226 e. The van der Waals surface area contributed by atoms with Crippen LogP contribution in [0.5, 0.6) is 0 Å². The molecule has 0 aliphatic heterocycles. The lowest BCUT2D eigenvalue weighted by molar-refractivity contribution is -0.122. The minimum atomic E-state index is -0.0847. The Labute approximate surface area is 99.3 Å². The largest absolute Gasteiger partial charge is 0.375 e. The summed E-state index contributed by atoms with van der Waals surface area (Å²) in [5, 5.41) is 5.41. The lowest BCUT2D eigenvalue weighted by Gasteiger charge is -2.25. The highest BCUT2D eigenvalue weighted by molar-refractivity contribution is 7.13. The van der Waals surface area contributed by atoms with Gasteiger partial charge in [-0.2, -0.15) is 0 Å². The SMILES string of the molecule is CC(C)(NC(=O)Cc1csc(N)n1)C1CC1. The van der Waals surface area contributed by atoms with E-state index in [0.717, 1.165) is 5.69 Å². The first-order valence-electron chi connectivity index (χ1n) is 5.48. The van der Waals surface area contributed by atoms with Crippen molar-refractivity contribution in [2.75, 3.05) is 5.73 Å². The van der Waals surface area contributed by atoms with Crippen LogP contribution in [-0.2, 0) is 11.2 Å². The number of rotatable bonds is 4. The maximum absolute atomic E-state index is 11.8. The second-order valence-corrected chi connectivity index (χ2v) is 5.79. The van der Waals surface area contributed by atoms with Crippen LogP contribution in [0.2, 0.25) is 0 Å². The monoisotopic (exact) mass is 239 g/mol. The zero-order valence-electron chi connectivity index (χ0n) is 9.62. The number of anilines is 1. The molecule has 0 spiro atoms. The van der Waals surface area contributed by atoms with E-state index in [4.69, 9.17) is 5.73 Å². The van der Waals surface area contributed by atoms with Crippen molar-refractivity contribution in [2.45, 2.75) is 38.6 Å². The number of nitrogens with one attached hydrogen (secondary N) is 1. The molecule has 0 radical (unpaired) electrons. The zero-order valence-corrected chi connectivity index (χ0v) is 10.4. The molecule has 0 atom stereocenters. The van der Waals surface area contributed by atoms with E-state index in [1.807, 2.05) is 5.38 Å². The molecule has 0 aromatic carbocycles. The summed E-state index contributed by atoms with van der Waals surface area (Å²) in [5.41, 5.74) is 6.19. The molecule has 0 unspecified atom stereocenters. The van der Waals surface area contributed by atoms with Gasteiger partial charge in [0.15, 0.2) is 5.13 Å². The molecule has 1 heterocycles. The van der Waals surface area contributed by atoms with Crippen LogP contribution in [0.25, 0.3) is 0 Å². The Morgan fingerprint density at radius 2 is 2.38 bits per heavy atom. The highest BCUT2D eigenvalue weighted by Gasteiger charge is 2.38. The predicted octanol–water partition coefficient (Wildman–Crippen LogP) is 1.57. The third kappa shape index (κ3) is 2.72. The van der Waals surface area contributed by atoms with Crippen LogP contribution in [0.3, 0.4) is 0 Å². The van der Waals surface area contributed by atoms with E-state index >= 15 is 0 Å². The number of thiazole rings is 1. The molecule has 5 heteroatoms. The summed E-state index contributed by atoms with van der Waals surface area (Å²) in [6.45, 7) is 4.16. The van der Waals surface area contributed by atoms with Crippen LogP contribution in [-0.4, -0.2) is 16.4 Å². The molecule has 2 rings (SSSR count). The van der Waals surface area contributed by atoms with Gasteiger partial charge in [0.2, 0.25) is 5.91 Å². The minimum absolute atomic E-state index is 0.0298. The topological polar surface area (TPSA) is 68.0 Å². The summed E-state index contributed by atoms with van der Waals surface area (Å²) < 4.78 is 0. The number of nitrogen functional groups attached to an aromatic ring is 1. The Morgan fingerprint density at radius 3 is 2.88 bits per heavy atom. The molecule has 88 valence electrons. The average molecular weight is 239 g/mol. The lowest BCUT2D eigenvalue weighted by Crippen LogP contribution is -2.45.